The van der Waals surface area contributed by atoms with Crippen molar-refractivity contribution in [3.05, 3.63) is 52.2 Å². The minimum absolute atomic E-state index is 0.242. The fourth-order valence-corrected chi connectivity index (χ4v) is 3.29. The van der Waals surface area contributed by atoms with Gasteiger partial charge in [-0.25, -0.2) is 0 Å². The highest BCUT2D eigenvalue weighted by atomic mass is 32.1. The summed E-state index contributed by atoms with van der Waals surface area (Å²) in [4.78, 5) is 24.7. The summed E-state index contributed by atoms with van der Waals surface area (Å²) in [5.41, 5.74) is 1.73. The standard InChI is InChI=1S/C21H27NO5S/c1-3-25-12-13-27-18-7-5-16(6-8-18)9-11-22-20(23)19(21(24)26-4-2)17-10-14-28-15-17/h5-8,10,14-15,19H,3-4,9,11-13H2,1-2H3,(H,22,23). The minimum atomic E-state index is -0.924. The van der Waals surface area contributed by atoms with Gasteiger partial charge in [-0.3, -0.25) is 9.59 Å². The van der Waals surface area contributed by atoms with E-state index >= 15 is 0 Å². The molecule has 2 rings (SSSR count). The third kappa shape index (κ3) is 6.98. The van der Waals surface area contributed by atoms with Crippen molar-refractivity contribution >= 4 is 23.2 Å². The van der Waals surface area contributed by atoms with Crippen molar-refractivity contribution in [1.82, 2.24) is 5.32 Å². The van der Waals surface area contributed by atoms with Crippen LogP contribution in [0.4, 0.5) is 0 Å². The molecule has 0 radical (unpaired) electrons. The number of nitrogens with one attached hydrogen (secondary N) is 1. The van der Waals surface area contributed by atoms with Crippen molar-refractivity contribution in [2.45, 2.75) is 26.2 Å². The van der Waals surface area contributed by atoms with E-state index in [-0.39, 0.29) is 12.5 Å². The lowest BCUT2D eigenvalue weighted by Gasteiger charge is -2.14. The fourth-order valence-electron chi connectivity index (χ4n) is 2.61. The molecule has 1 aromatic carbocycles. The number of ether oxygens (including phenoxy) is 3. The molecular weight excluding hydrogens is 378 g/mol. The molecule has 1 aromatic heterocycles. The predicted octanol–water partition coefficient (Wildman–Crippen LogP) is 3.17. The Hall–Kier alpha value is -2.38. The van der Waals surface area contributed by atoms with Crippen molar-refractivity contribution in [3.8, 4) is 5.75 Å². The first-order valence-electron chi connectivity index (χ1n) is 9.41. The van der Waals surface area contributed by atoms with E-state index in [0.29, 0.717) is 38.3 Å². The maximum absolute atomic E-state index is 12.5. The Kier molecular flexibility index (Phi) is 9.51. The van der Waals surface area contributed by atoms with Gasteiger partial charge in [-0.2, -0.15) is 11.3 Å². The number of hydrogen-bond acceptors (Lipinski definition) is 6. The SMILES string of the molecule is CCOCCOc1ccc(CCNC(=O)C(C(=O)OCC)c2ccsc2)cc1. The molecule has 0 aliphatic rings. The minimum Gasteiger partial charge on any atom is -0.491 e. The zero-order chi connectivity index (χ0) is 20.2. The quantitative estimate of drug-likeness (QED) is 0.334. The van der Waals surface area contributed by atoms with Gasteiger partial charge in [-0.05, 0) is 60.4 Å². The second-order valence-electron chi connectivity index (χ2n) is 5.97. The molecule has 0 saturated carbocycles. The van der Waals surface area contributed by atoms with Crippen LogP contribution in [0.5, 0.6) is 5.75 Å². The molecule has 1 N–H and O–H groups in total. The monoisotopic (exact) mass is 405 g/mol. The van der Waals surface area contributed by atoms with Gasteiger partial charge in [0, 0.05) is 13.2 Å². The molecule has 7 heteroatoms. The van der Waals surface area contributed by atoms with Crippen LogP contribution in [0.1, 0.15) is 30.9 Å². The molecule has 0 aliphatic carbocycles. The van der Waals surface area contributed by atoms with Crippen molar-refractivity contribution in [2.75, 3.05) is 33.0 Å². The van der Waals surface area contributed by atoms with E-state index < -0.39 is 11.9 Å². The Balaban J connectivity index is 1.82. The summed E-state index contributed by atoms with van der Waals surface area (Å²) in [5, 5.41) is 6.48. The van der Waals surface area contributed by atoms with Crippen LogP contribution in [0.2, 0.25) is 0 Å². The van der Waals surface area contributed by atoms with Gasteiger partial charge >= 0.3 is 5.97 Å². The molecule has 1 amide bonds. The zero-order valence-electron chi connectivity index (χ0n) is 16.3. The molecule has 0 fully saturated rings. The highest BCUT2D eigenvalue weighted by molar-refractivity contribution is 7.08. The summed E-state index contributed by atoms with van der Waals surface area (Å²) >= 11 is 1.44. The number of carbonyl (C=O) groups excluding carboxylic acids is 2. The van der Waals surface area contributed by atoms with Gasteiger partial charge in [0.2, 0.25) is 5.91 Å². The van der Waals surface area contributed by atoms with E-state index in [1.54, 1.807) is 18.4 Å². The van der Waals surface area contributed by atoms with Crippen LogP contribution in [0.25, 0.3) is 0 Å². The normalized spacial score (nSPS) is 11.6. The van der Waals surface area contributed by atoms with Crippen LogP contribution in [-0.2, 0) is 25.5 Å². The number of benzene rings is 1. The van der Waals surface area contributed by atoms with Crippen molar-refractivity contribution in [2.24, 2.45) is 0 Å². The van der Waals surface area contributed by atoms with Crippen LogP contribution >= 0.6 is 11.3 Å². The number of hydrogen-bond donors (Lipinski definition) is 1. The molecule has 1 atom stereocenters. The third-order valence-electron chi connectivity index (χ3n) is 4.00. The first-order valence-corrected chi connectivity index (χ1v) is 10.4. The lowest BCUT2D eigenvalue weighted by Crippen LogP contribution is -2.35. The summed E-state index contributed by atoms with van der Waals surface area (Å²) in [6, 6.07) is 9.50. The summed E-state index contributed by atoms with van der Waals surface area (Å²) in [6.07, 6.45) is 0.657. The molecule has 0 aliphatic heterocycles. The lowest BCUT2D eigenvalue weighted by molar-refractivity contribution is -0.148. The molecule has 2 aromatic rings. The molecule has 1 unspecified atom stereocenters. The average Bonchev–Trinajstić information content (AvgIpc) is 3.21. The Labute approximate surface area is 169 Å². The van der Waals surface area contributed by atoms with Gasteiger partial charge in [0.1, 0.15) is 12.4 Å². The molecule has 28 heavy (non-hydrogen) atoms. The Bertz CT molecular complexity index is 715. The van der Waals surface area contributed by atoms with Crippen LogP contribution in [0.15, 0.2) is 41.1 Å². The number of rotatable bonds is 12. The zero-order valence-corrected chi connectivity index (χ0v) is 17.1. The molecule has 6 nitrogen and oxygen atoms in total. The predicted molar refractivity (Wildman–Crippen MR) is 109 cm³/mol. The first-order chi connectivity index (χ1) is 13.7. The summed E-state index contributed by atoms with van der Waals surface area (Å²) in [6.45, 7) is 6.11. The van der Waals surface area contributed by atoms with Crippen LogP contribution in [-0.4, -0.2) is 44.8 Å². The van der Waals surface area contributed by atoms with E-state index in [2.05, 4.69) is 5.32 Å². The molecule has 0 saturated heterocycles. The number of carbonyl (C=O) groups is 2. The Morgan fingerprint density at radius 3 is 2.50 bits per heavy atom. The van der Waals surface area contributed by atoms with Crippen molar-refractivity contribution < 1.29 is 23.8 Å². The van der Waals surface area contributed by atoms with E-state index in [4.69, 9.17) is 14.2 Å². The first kappa shape index (κ1) is 21.9. The fraction of sp³-hybridized carbons (Fsp3) is 0.429. The highest BCUT2D eigenvalue weighted by Gasteiger charge is 2.29. The number of thiophene rings is 1. The molecule has 152 valence electrons. The second kappa shape index (κ2) is 12.2. The summed E-state index contributed by atoms with van der Waals surface area (Å²) in [7, 11) is 0. The van der Waals surface area contributed by atoms with Crippen LogP contribution in [0, 0.1) is 0 Å². The highest BCUT2D eigenvalue weighted by Crippen LogP contribution is 2.21. The van der Waals surface area contributed by atoms with Crippen molar-refractivity contribution in [1.29, 1.82) is 0 Å². The average molecular weight is 406 g/mol. The second-order valence-corrected chi connectivity index (χ2v) is 6.75. The number of esters is 1. The largest absolute Gasteiger partial charge is 0.491 e. The van der Waals surface area contributed by atoms with Gasteiger partial charge in [0.25, 0.3) is 0 Å². The van der Waals surface area contributed by atoms with Crippen molar-refractivity contribution in [3.63, 3.8) is 0 Å². The Morgan fingerprint density at radius 1 is 1.07 bits per heavy atom. The maximum Gasteiger partial charge on any atom is 0.323 e. The summed E-state index contributed by atoms with van der Waals surface area (Å²) < 4.78 is 15.9. The molecule has 0 spiro atoms. The number of amides is 1. The summed E-state index contributed by atoms with van der Waals surface area (Å²) in [5.74, 6) is -1.00. The van der Waals surface area contributed by atoms with E-state index in [0.717, 1.165) is 11.3 Å². The Morgan fingerprint density at radius 2 is 1.86 bits per heavy atom. The topological polar surface area (TPSA) is 73.9 Å². The van der Waals surface area contributed by atoms with E-state index in [1.807, 2.05) is 36.6 Å². The van der Waals surface area contributed by atoms with Crippen LogP contribution < -0.4 is 10.1 Å². The van der Waals surface area contributed by atoms with Gasteiger partial charge in [-0.1, -0.05) is 12.1 Å². The maximum atomic E-state index is 12.5. The van der Waals surface area contributed by atoms with Gasteiger partial charge in [0.15, 0.2) is 5.92 Å². The van der Waals surface area contributed by atoms with Gasteiger partial charge in [-0.15, -0.1) is 0 Å². The van der Waals surface area contributed by atoms with E-state index in [1.165, 1.54) is 11.3 Å². The smallest absolute Gasteiger partial charge is 0.323 e. The molecule has 1 heterocycles. The van der Waals surface area contributed by atoms with Gasteiger partial charge in [0.05, 0.1) is 13.2 Å². The van der Waals surface area contributed by atoms with Crippen LogP contribution in [0.3, 0.4) is 0 Å². The molecule has 0 bridgehead atoms. The lowest BCUT2D eigenvalue weighted by atomic mass is 10.0. The third-order valence-corrected chi connectivity index (χ3v) is 4.70. The molecular formula is C21H27NO5S. The van der Waals surface area contributed by atoms with Gasteiger partial charge < -0.3 is 19.5 Å². The van der Waals surface area contributed by atoms with E-state index in [9.17, 15) is 9.59 Å².